The van der Waals surface area contributed by atoms with E-state index in [9.17, 15) is 0 Å². The molecule has 1 heterocycles. The minimum atomic E-state index is 0. The van der Waals surface area contributed by atoms with Crippen LogP contribution in [-0.2, 0) is 6.54 Å². The SMILES string of the molecule is CN=C(NCc1ccc(-n2cncn2)cc1)NCC(c1ccccc1)c1ccccc1.I. The van der Waals surface area contributed by atoms with E-state index < -0.39 is 0 Å². The fourth-order valence-electron chi connectivity index (χ4n) is 3.51. The topological polar surface area (TPSA) is 67.1 Å². The van der Waals surface area contributed by atoms with E-state index in [0.29, 0.717) is 6.54 Å². The van der Waals surface area contributed by atoms with Gasteiger partial charge in [-0.25, -0.2) is 9.67 Å². The second-order valence-electron chi connectivity index (χ2n) is 7.19. The molecule has 0 saturated heterocycles. The first-order valence-corrected chi connectivity index (χ1v) is 10.3. The van der Waals surface area contributed by atoms with Crippen molar-refractivity contribution in [3.63, 3.8) is 0 Å². The van der Waals surface area contributed by atoms with Gasteiger partial charge in [0.2, 0.25) is 0 Å². The molecule has 0 spiro atoms. The van der Waals surface area contributed by atoms with Gasteiger partial charge in [0, 0.05) is 26.1 Å². The van der Waals surface area contributed by atoms with E-state index >= 15 is 0 Å². The zero-order valence-corrected chi connectivity index (χ0v) is 20.3. The van der Waals surface area contributed by atoms with Gasteiger partial charge in [-0.15, -0.1) is 24.0 Å². The van der Waals surface area contributed by atoms with Crippen LogP contribution < -0.4 is 10.6 Å². The van der Waals surface area contributed by atoms with Crippen LogP contribution in [0, 0.1) is 0 Å². The molecular formula is C25H27IN6. The highest BCUT2D eigenvalue weighted by atomic mass is 127. The van der Waals surface area contributed by atoms with Crippen molar-refractivity contribution >= 4 is 29.9 Å². The lowest BCUT2D eigenvalue weighted by atomic mass is 9.91. The van der Waals surface area contributed by atoms with Crippen molar-refractivity contribution in [2.45, 2.75) is 12.5 Å². The number of aromatic nitrogens is 3. The van der Waals surface area contributed by atoms with E-state index in [1.165, 1.54) is 17.5 Å². The van der Waals surface area contributed by atoms with Crippen molar-refractivity contribution in [2.24, 2.45) is 4.99 Å². The molecule has 7 heteroatoms. The number of rotatable bonds is 7. The molecule has 32 heavy (non-hydrogen) atoms. The first-order chi connectivity index (χ1) is 15.3. The lowest BCUT2D eigenvalue weighted by molar-refractivity contribution is 0.728. The van der Waals surface area contributed by atoms with E-state index in [2.05, 4.69) is 86.4 Å². The minimum Gasteiger partial charge on any atom is -0.355 e. The Bertz CT molecular complexity index is 1040. The Hall–Kier alpha value is -3.20. The van der Waals surface area contributed by atoms with Gasteiger partial charge in [0.25, 0.3) is 0 Å². The average Bonchev–Trinajstić information content (AvgIpc) is 3.38. The van der Waals surface area contributed by atoms with Crippen LogP contribution in [0.4, 0.5) is 0 Å². The summed E-state index contributed by atoms with van der Waals surface area (Å²) in [5.74, 6) is 1.01. The van der Waals surface area contributed by atoms with Crippen LogP contribution in [0.3, 0.4) is 0 Å². The highest BCUT2D eigenvalue weighted by molar-refractivity contribution is 14.0. The molecule has 4 aromatic rings. The number of hydrogen-bond acceptors (Lipinski definition) is 3. The van der Waals surface area contributed by atoms with Crippen molar-refractivity contribution in [3.05, 3.63) is 114 Å². The molecule has 164 valence electrons. The van der Waals surface area contributed by atoms with Crippen molar-refractivity contribution in [2.75, 3.05) is 13.6 Å². The number of nitrogens with one attached hydrogen (secondary N) is 2. The Morgan fingerprint density at radius 1 is 0.875 bits per heavy atom. The lowest BCUT2D eigenvalue weighted by Gasteiger charge is -2.20. The first kappa shape index (κ1) is 23.5. The highest BCUT2D eigenvalue weighted by Gasteiger charge is 2.14. The fourth-order valence-corrected chi connectivity index (χ4v) is 3.51. The molecule has 0 unspecified atom stereocenters. The summed E-state index contributed by atoms with van der Waals surface area (Å²) < 4.78 is 1.74. The highest BCUT2D eigenvalue weighted by Crippen LogP contribution is 2.23. The van der Waals surface area contributed by atoms with Gasteiger partial charge >= 0.3 is 0 Å². The van der Waals surface area contributed by atoms with Crippen molar-refractivity contribution in [3.8, 4) is 5.69 Å². The molecule has 0 aliphatic rings. The third-order valence-electron chi connectivity index (χ3n) is 5.18. The van der Waals surface area contributed by atoms with Crippen LogP contribution in [0.25, 0.3) is 5.69 Å². The van der Waals surface area contributed by atoms with Gasteiger partial charge in [-0.3, -0.25) is 4.99 Å². The summed E-state index contributed by atoms with van der Waals surface area (Å²) >= 11 is 0. The summed E-state index contributed by atoms with van der Waals surface area (Å²) in [5.41, 5.74) is 4.70. The zero-order valence-electron chi connectivity index (χ0n) is 17.9. The van der Waals surface area contributed by atoms with Gasteiger partial charge in [-0.2, -0.15) is 5.10 Å². The summed E-state index contributed by atoms with van der Waals surface area (Å²) in [6.07, 6.45) is 3.22. The van der Waals surface area contributed by atoms with Crippen molar-refractivity contribution < 1.29 is 0 Å². The van der Waals surface area contributed by atoms with E-state index in [1.807, 2.05) is 24.3 Å². The first-order valence-electron chi connectivity index (χ1n) is 10.3. The summed E-state index contributed by atoms with van der Waals surface area (Å²) in [5, 5.41) is 11.0. The molecule has 1 aromatic heterocycles. The molecular weight excluding hydrogens is 511 g/mol. The van der Waals surface area contributed by atoms with Crippen LogP contribution in [0.1, 0.15) is 22.6 Å². The van der Waals surface area contributed by atoms with Crippen LogP contribution in [0.5, 0.6) is 0 Å². The van der Waals surface area contributed by atoms with E-state index in [1.54, 1.807) is 18.1 Å². The molecule has 2 N–H and O–H groups in total. The molecule has 0 aliphatic heterocycles. The predicted molar refractivity (Wildman–Crippen MR) is 140 cm³/mol. The minimum absolute atomic E-state index is 0. The van der Waals surface area contributed by atoms with Crippen LogP contribution >= 0.6 is 24.0 Å². The normalized spacial score (nSPS) is 11.1. The van der Waals surface area contributed by atoms with Crippen molar-refractivity contribution in [1.29, 1.82) is 0 Å². The second-order valence-corrected chi connectivity index (χ2v) is 7.19. The Labute approximate surface area is 205 Å². The molecule has 0 aliphatic carbocycles. The quantitative estimate of drug-likeness (QED) is 0.208. The molecule has 0 amide bonds. The molecule has 0 atom stereocenters. The molecule has 3 aromatic carbocycles. The largest absolute Gasteiger partial charge is 0.355 e. The smallest absolute Gasteiger partial charge is 0.191 e. The standard InChI is InChI=1S/C25H26N6.HI/c1-26-25(28-16-20-12-14-23(15-13-20)31-19-27-18-30-31)29-17-24(21-8-4-2-5-9-21)22-10-6-3-7-11-22;/h2-15,18-19,24H,16-17H2,1H3,(H2,26,28,29);1H. The molecule has 6 nitrogen and oxygen atoms in total. The van der Waals surface area contributed by atoms with Gasteiger partial charge in [0.05, 0.1) is 5.69 Å². The van der Waals surface area contributed by atoms with E-state index in [4.69, 9.17) is 0 Å². The molecule has 4 rings (SSSR count). The maximum atomic E-state index is 4.39. The predicted octanol–water partition coefficient (Wildman–Crippen LogP) is 4.38. The van der Waals surface area contributed by atoms with E-state index in [-0.39, 0.29) is 29.9 Å². The molecule has 0 radical (unpaired) electrons. The monoisotopic (exact) mass is 538 g/mol. The number of benzene rings is 3. The average molecular weight is 538 g/mol. The number of aliphatic imine (C=N–C) groups is 1. The molecule has 0 bridgehead atoms. The molecule has 0 fully saturated rings. The fraction of sp³-hybridized carbons (Fsp3) is 0.160. The van der Waals surface area contributed by atoms with Gasteiger partial charge in [0.15, 0.2) is 5.96 Å². The Morgan fingerprint density at radius 2 is 1.50 bits per heavy atom. The van der Waals surface area contributed by atoms with E-state index in [0.717, 1.165) is 23.8 Å². The maximum Gasteiger partial charge on any atom is 0.191 e. The summed E-state index contributed by atoms with van der Waals surface area (Å²) in [4.78, 5) is 8.38. The van der Waals surface area contributed by atoms with Gasteiger partial charge in [-0.05, 0) is 28.8 Å². The van der Waals surface area contributed by atoms with Gasteiger partial charge < -0.3 is 10.6 Å². The van der Waals surface area contributed by atoms with Crippen LogP contribution in [-0.4, -0.2) is 34.3 Å². The van der Waals surface area contributed by atoms with Gasteiger partial charge in [0.1, 0.15) is 12.7 Å². The Morgan fingerprint density at radius 3 is 2.03 bits per heavy atom. The Kier molecular flexibility index (Phi) is 8.79. The summed E-state index contributed by atoms with van der Waals surface area (Å²) in [7, 11) is 1.79. The second kappa shape index (κ2) is 12.0. The third kappa shape index (κ3) is 6.16. The number of hydrogen-bond donors (Lipinski definition) is 2. The lowest BCUT2D eigenvalue weighted by Crippen LogP contribution is -2.39. The zero-order chi connectivity index (χ0) is 21.3. The summed E-state index contributed by atoms with van der Waals surface area (Å²) in [6.45, 7) is 1.43. The molecule has 0 saturated carbocycles. The number of nitrogens with zero attached hydrogens (tertiary/aromatic N) is 4. The Balaban J connectivity index is 0.00000289. The summed E-state index contributed by atoms with van der Waals surface area (Å²) in [6, 6.07) is 29.3. The number of guanidine groups is 1. The van der Waals surface area contributed by atoms with Crippen molar-refractivity contribution in [1.82, 2.24) is 25.4 Å². The third-order valence-corrected chi connectivity index (χ3v) is 5.18. The number of halogens is 1. The van der Waals surface area contributed by atoms with Crippen LogP contribution in [0.2, 0.25) is 0 Å². The van der Waals surface area contributed by atoms with Gasteiger partial charge in [-0.1, -0.05) is 72.8 Å². The maximum absolute atomic E-state index is 4.39. The van der Waals surface area contributed by atoms with Crippen LogP contribution in [0.15, 0.2) is 103 Å².